The molecule has 8 heteroatoms. The maximum atomic E-state index is 11.9. The van der Waals surface area contributed by atoms with Gasteiger partial charge in [-0.1, -0.05) is 0 Å². The van der Waals surface area contributed by atoms with Gasteiger partial charge in [-0.05, 0) is 19.4 Å². The lowest BCUT2D eigenvalue weighted by molar-refractivity contribution is -0.154. The summed E-state index contributed by atoms with van der Waals surface area (Å²) in [5.41, 5.74) is 0.255. The number of aromatic nitrogens is 1. The van der Waals surface area contributed by atoms with E-state index in [0.29, 0.717) is 26.2 Å². The molecule has 1 rings (SSSR count). The monoisotopic (exact) mass is 306 g/mol. The van der Waals surface area contributed by atoms with E-state index in [1.807, 2.05) is 6.92 Å². The number of carbonyl (C=O) groups is 1. The van der Waals surface area contributed by atoms with E-state index in [1.165, 1.54) is 18.3 Å². The highest BCUT2D eigenvalue weighted by Crippen LogP contribution is 2.16. The largest absolute Gasteiger partial charge is 0.468 e. The SMILES string of the molecule is CCOCCCNC(=O)c1ccc(OCC(F)(F)F)nc1. The molecule has 0 aromatic carbocycles. The van der Waals surface area contributed by atoms with E-state index in [1.54, 1.807) is 0 Å². The number of hydrogen-bond donors (Lipinski definition) is 1. The fraction of sp³-hybridized carbons (Fsp3) is 0.538. The molecule has 1 aromatic heterocycles. The zero-order valence-electron chi connectivity index (χ0n) is 11.6. The Morgan fingerprint density at radius 2 is 2.14 bits per heavy atom. The van der Waals surface area contributed by atoms with E-state index in [0.717, 1.165) is 0 Å². The van der Waals surface area contributed by atoms with Gasteiger partial charge in [-0.2, -0.15) is 13.2 Å². The Morgan fingerprint density at radius 1 is 1.38 bits per heavy atom. The minimum absolute atomic E-state index is 0.180. The second kappa shape index (κ2) is 8.46. The van der Waals surface area contributed by atoms with Gasteiger partial charge in [-0.15, -0.1) is 0 Å². The molecule has 1 heterocycles. The van der Waals surface area contributed by atoms with E-state index in [2.05, 4.69) is 15.0 Å². The summed E-state index contributed by atoms with van der Waals surface area (Å²) in [5, 5.41) is 2.65. The lowest BCUT2D eigenvalue weighted by Crippen LogP contribution is -2.25. The van der Waals surface area contributed by atoms with Gasteiger partial charge in [0.1, 0.15) is 0 Å². The number of alkyl halides is 3. The molecule has 21 heavy (non-hydrogen) atoms. The smallest absolute Gasteiger partial charge is 0.422 e. The fourth-order valence-corrected chi connectivity index (χ4v) is 1.38. The maximum absolute atomic E-state index is 11.9. The highest BCUT2D eigenvalue weighted by molar-refractivity contribution is 5.93. The minimum Gasteiger partial charge on any atom is -0.468 e. The summed E-state index contributed by atoms with van der Waals surface area (Å²) in [6, 6.07) is 2.58. The van der Waals surface area contributed by atoms with Gasteiger partial charge in [0.05, 0.1) is 5.56 Å². The molecule has 1 aromatic rings. The molecule has 0 radical (unpaired) electrons. The van der Waals surface area contributed by atoms with Gasteiger partial charge in [-0.25, -0.2) is 4.98 Å². The van der Waals surface area contributed by atoms with Crippen LogP contribution in [0, 0.1) is 0 Å². The molecule has 0 bridgehead atoms. The van der Waals surface area contributed by atoms with E-state index in [4.69, 9.17) is 4.74 Å². The van der Waals surface area contributed by atoms with Crippen molar-refractivity contribution in [3.05, 3.63) is 23.9 Å². The number of hydrogen-bond acceptors (Lipinski definition) is 4. The summed E-state index contributed by atoms with van der Waals surface area (Å²) in [6.45, 7) is 2.09. The molecule has 0 atom stereocenters. The van der Waals surface area contributed by atoms with E-state index >= 15 is 0 Å². The van der Waals surface area contributed by atoms with Crippen molar-refractivity contribution in [1.82, 2.24) is 10.3 Å². The first-order valence-electron chi connectivity index (χ1n) is 6.44. The van der Waals surface area contributed by atoms with Crippen LogP contribution in [0.15, 0.2) is 18.3 Å². The molecule has 0 unspecified atom stereocenters. The zero-order chi connectivity index (χ0) is 15.7. The molecule has 1 N–H and O–H groups in total. The Morgan fingerprint density at radius 3 is 2.71 bits per heavy atom. The molecule has 5 nitrogen and oxygen atoms in total. The van der Waals surface area contributed by atoms with Crippen LogP contribution in [0.1, 0.15) is 23.7 Å². The Balaban J connectivity index is 2.37. The average Bonchev–Trinajstić information content (AvgIpc) is 2.44. The van der Waals surface area contributed by atoms with E-state index in [9.17, 15) is 18.0 Å². The minimum atomic E-state index is -4.42. The molecule has 0 saturated carbocycles. The molecule has 0 aliphatic rings. The number of ether oxygens (including phenoxy) is 2. The summed E-state index contributed by atoms with van der Waals surface area (Å²) in [6.07, 6.45) is -2.57. The molecule has 1 amide bonds. The molecule has 0 saturated heterocycles. The first kappa shape index (κ1) is 17.2. The lowest BCUT2D eigenvalue weighted by Gasteiger charge is -2.09. The van der Waals surface area contributed by atoms with Crippen molar-refractivity contribution in [2.24, 2.45) is 0 Å². The highest BCUT2D eigenvalue weighted by atomic mass is 19.4. The number of pyridine rings is 1. The number of nitrogens with zero attached hydrogens (tertiary/aromatic N) is 1. The summed E-state index contributed by atoms with van der Waals surface area (Å²) in [4.78, 5) is 15.3. The topological polar surface area (TPSA) is 60.5 Å². The second-order valence-corrected chi connectivity index (χ2v) is 4.10. The molecule has 0 aliphatic heterocycles. The second-order valence-electron chi connectivity index (χ2n) is 4.10. The summed E-state index contributed by atoms with van der Waals surface area (Å²) >= 11 is 0. The normalized spacial score (nSPS) is 11.2. The van der Waals surface area contributed by atoms with Crippen LogP contribution in [0.2, 0.25) is 0 Å². The predicted octanol–water partition coefficient (Wildman–Crippen LogP) is 2.18. The number of rotatable bonds is 8. The quantitative estimate of drug-likeness (QED) is 0.748. The van der Waals surface area contributed by atoms with Gasteiger partial charge in [0, 0.05) is 32.0 Å². The molecular weight excluding hydrogens is 289 g/mol. The number of nitrogens with one attached hydrogen (secondary N) is 1. The van der Waals surface area contributed by atoms with Crippen molar-refractivity contribution >= 4 is 5.91 Å². The average molecular weight is 306 g/mol. The Kier molecular flexibility index (Phi) is 6.93. The van der Waals surface area contributed by atoms with Crippen LogP contribution in [0.3, 0.4) is 0 Å². The summed E-state index contributed by atoms with van der Waals surface area (Å²) in [5.74, 6) is -0.526. The molecule has 0 fully saturated rings. The van der Waals surface area contributed by atoms with Crippen LogP contribution < -0.4 is 10.1 Å². The number of amides is 1. The number of halogens is 3. The number of carbonyl (C=O) groups excluding carboxylic acids is 1. The van der Waals surface area contributed by atoms with Crippen molar-refractivity contribution in [3.63, 3.8) is 0 Å². The maximum Gasteiger partial charge on any atom is 0.422 e. The Labute approximate surface area is 120 Å². The third-order valence-corrected chi connectivity index (χ3v) is 2.34. The van der Waals surface area contributed by atoms with Gasteiger partial charge >= 0.3 is 6.18 Å². The standard InChI is InChI=1S/C13H17F3N2O3/c1-2-20-7-3-6-17-12(19)10-4-5-11(18-8-10)21-9-13(14,15)16/h4-5,8H,2-3,6-7,9H2,1H3,(H,17,19). The third kappa shape index (κ3) is 7.50. The molecule has 0 aliphatic carbocycles. The van der Waals surface area contributed by atoms with E-state index < -0.39 is 12.8 Å². The summed E-state index contributed by atoms with van der Waals surface area (Å²) in [7, 11) is 0. The van der Waals surface area contributed by atoms with E-state index in [-0.39, 0.29) is 17.4 Å². The van der Waals surface area contributed by atoms with Gasteiger partial charge in [-0.3, -0.25) is 4.79 Å². The van der Waals surface area contributed by atoms with Crippen LogP contribution >= 0.6 is 0 Å². The predicted molar refractivity (Wildman–Crippen MR) is 69.2 cm³/mol. The van der Waals surface area contributed by atoms with Crippen molar-refractivity contribution in [3.8, 4) is 5.88 Å². The van der Waals surface area contributed by atoms with Crippen LogP contribution in [0.25, 0.3) is 0 Å². The van der Waals surface area contributed by atoms with Crippen molar-refractivity contribution in [2.75, 3.05) is 26.4 Å². The first-order chi connectivity index (χ1) is 9.92. The van der Waals surface area contributed by atoms with Crippen LogP contribution in [0.4, 0.5) is 13.2 Å². The van der Waals surface area contributed by atoms with Crippen molar-refractivity contribution < 1.29 is 27.4 Å². The molecule has 118 valence electrons. The molecular formula is C13H17F3N2O3. The third-order valence-electron chi connectivity index (χ3n) is 2.34. The lowest BCUT2D eigenvalue weighted by atomic mass is 10.2. The Hall–Kier alpha value is -1.83. The van der Waals surface area contributed by atoms with Gasteiger partial charge < -0.3 is 14.8 Å². The zero-order valence-corrected chi connectivity index (χ0v) is 11.6. The Bertz CT molecular complexity index is 435. The van der Waals surface area contributed by atoms with Gasteiger partial charge in [0.25, 0.3) is 5.91 Å². The molecule has 0 spiro atoms. The van der Waals surface area contributed by atoms with Crippen LogP contribution in [0.5, 0.6) is 5.88 Å². The van der Waals surface area contributed by atoms with Crippen molar-refractivity contribution in [2.45, 2.75) is 19.5 Å². The fourth-order valence-electron chi connectivity index (χ4n) is 1.38. The van der Waals surface area contributed by atoms with Crippen molar-refractivity contribution in [1.29, 1.82) is 0 Å². The van der Waals surface area contributed by atoms with Crippen LogP contribution in [-0.4, -0.2) is 43.4 Å². The van der Waals surface area contributed by atoms with Crippen LogP contribution in [-0.2, 0) is 4.74 Å². The van der Waals surface area contributed by atoms with Gasteiger partial charge in [0.2, 0.25) is 5.88 Å². The summed E-state index contributed by atoms with van der Waals surface area (Å²) < 4.78 is 45.4. The van der Waals surface area contributed by atoms with Gasteiger partial charge in [0.15, 0.2) is 6.61 Å². The highest BCUT2D eigenvalue weighted by Gasteiger charge is 2.28. The first-order valence-corrected chi connectivity index (χ1v) is 6.44.